The Kier molecular flexibility index (Phi) is 6.97. The Balaban J connectivity index is 1.46. The lowest BCUT2D eigenvalue weighted by Gasteiger charge is -2.22. The number of nitrogens with zero attached hydrogens (tertiary/aromatic N) is 2. The molecule has 0 spiro atoms. The third-order valence-corrected chi connectivity index (χ3v) is 5.67. The number of aromatic amines is 1. The molecule has 3 N–H and O–H groups in total. The number of hydrogen-bond donors (Lipinski definition) is 3. The zero-order valence-electron chi connectivity index (χ0n) is 17.4. The zero-order chi connectivity index (χ0) is 22.5. The summed E-state index contributed by atoms with van der Waals surface area (Å²) in [5.41, 5.74) is 1.90. The van der Waals surface area contributed by atoms with Crippen molar-refractivity contribution < 1.29 is 9.53 Å². The molecule has 2 unspecified atom stereocenters. The van der Waals surface area contributed by atoms with E-state index in [4.69, 9.17) is 27.9 Å². The fourth-order valence-electron chi connectivity index (χ4n) is 3.21. The van der Waals surface area contributed by atoms with E-state index < -0.39 is 0 Å². The van der Waals surface area contributed by atoms with Gasteiger partial charge in [0.2, 0.25) is 11.8 Å². The van der Waals surface area contributed by atoms with Crippen molar-refractivity contribution in [1.82, 2.24) is 15.0 Å². The highest BCUT2D eigenvalue weighted by Crippen LogP contribution is 2.25. The van der Waals surface area contributed by atoms with Gasteiger partial charge in [-0.15, -0.1) is 11.6 Å². The average Bonchev–Trinajstić information content (AvgIpc) is 3.18. The van der Waals surface area contributed by atoms with Crippen molar-refractivity contribution in [3.8, 4) is 5.88 Å². The molecule has 0 saturated carbocycles. The first-order valence-electron chi connectivity index (χ1n) is 10.4. The number of carbonyl (C=O) groups is 1. The van der Waals surface area contributed by atoms with Crippen molar-refractivity contribution in [3.63, 3.8) is 0 Å². The molecule has 2 heterocycles. The molecule has 0 bridgehead atoms. The fourth-order valence-corrected chi connectivity index (χ4v) is 3.82. The first-order valence-corrected chi connectivity index (χ1v) is 11.2. The molecule has 9 heteroatoms. The Labute approximate surface area is 195 Å². The highest BCUT2D eigenvalue weighted by Gasteiger charge is 2.23. The van der Waals surface area contributed by atoms with E-state index in [1.807, 2.05) is 12.2 Å². The number of ether oxygens (including phenoxy) is 1. The highest BCUT2D eigenvalue weighted by molar-refractivity contribution is 6.32. The molecule has 1 aliphatic carbocycles. The Morgan fingerprint density at radius 3 is 2.94 bits per heavy atom. The van der Waals surface area contributed by atoms with E-state index in [0.29, 0.717) is 45.9 Å². The van der Waals surface area contributed by atoms with E-state index in [1.54, 1.807) is 42.5 Å². The van der Waals surface area contributed by atoms with Crippen LogP contribution in [-0.4, -0.2) is 38.9 Å². The van der Waals surface area contributed by atoms with Crippen LogP contribution in [0.5, 0.6) is 5.88 Å². The van der Waals surface area contributed by atoms with Crippen LogP contribution in [0.25, 0.3) is 11.0 Å². The van der Waals surface area contributed by atoms with Crippen molar-refractivity contribution in [2.45, 2.75) is 31.2 Å². The van der Waals surface area contributed by atoms with Crippen LogP contribution < -0.4 is 15.4 Å². The summed E-state index contributed by atoms with van der Waals surface area (Å²) in [6.07, 6.45) is 7.46. The van der Waals surface area contributed by atoms with Gasteiger partial charge < -0.3 is 20.4 Å². The van der Waals surface area contributed by atoms with Crippen LogP contribution in [0.3, 0.4) is 0 Å². The summed E-state index contributed by atoms with van der Waals surface area (Å²) in [7, 11) is 0. The normalized spacial score (nSPS) is 17.8. The minimum atomic E-state index is -0.295. The monoisotopic (exact) mass is 471 g/mol. The van der Waals surface area contributed by atoms with Gasteiger partial charge in [-0.25, -0.2) is 4.98 Å². The van der Waals surface area contributed by atoms with E-state index in [1.165, 1.54) is 0 Å². The molecule has 2 aromatic heterocycles. The molecule has 0 saturated heterocycles. The van der Waals surface area contributed by atoms with Gasteiger partial charge in [0.05, 0.1) is 29.1 Å². The van der Waals surface area contributed by atoms with Crippen LogP contribution in [0, 0.1) is 0 Å². The van der Waals surface area contributed by atoms with Crippen molar-refractivity contribution >= 4 is 51.9 Å². The topological polar surface area (TPSA) is 91.9 Å². The number of fused-ring (bicyclic) bond motifs is 1. The van der Waals surface area contributed by atoms with Gasteiger partial charge in [-0.3, -0.25) is 4.79 Å². The first kappa shape index (κ1) is 22.2. The number of carbonyl (C=O) groups excluding carboxylic acids is 1. The van der Waals surface area contributed by atoms with Gasteiger partial charge in [-0.05, 0) is 36.8 Å². The number of rotatable bonds is 8. The molecule has 7 nitrogen and oxygen atoms in total. The molecular weight excluding hydrogens is 449 g/mol. The summed E-state index contributed by atoms with van der Waals surface area (Å²) in [5, 5.41) is 6.32. The number of unbranched alkanes of at least 4 members (excludes halogenated alkanes) is 1. The number of H-pyrrole nitrogens is 1. The molecule has 1 aliphatic rings. The second-order valence-corrected chi connectivity index (χ2v) is 8.28. The van der Waals surface area contributed by atoms with Gasteiger partial charge in [0.15, 0.2) is 0 Å². The van der Waals surface area contributed by atoms with Crippen molar-refractivity contribution in [3.05, 3.63) is 65.2 Å². The summed E-state index contributed by atoms with van der Waals surface area (Å²) < 4.78 is 5.60. The predicted octanol–water partition coefficient (Wildman–Crippen LogP) is 5.47. The van der Waals surface area contributed by atoms with Crippen molar-refractivity contribution in [2.24, 2.45) is 0 Å². The van der Waals surface area contributed by atoms with Crippen LogP contribution in [0.2, 0.25) is 0 Å². The van der Waals surface area contributed by atoms with E-state index in [0.717, 1.165) is 12.8 Å². The molecule has 0 radical (unpaired) electrons. The third kappa shape index (κ3) is 5.23. The lowest BCUT2D eigenvalue weighted by Crippen LogP contribution is -2.31. The number of hydrogen-bond acceptors (Lipinski definition) is 5. The van der Waals surface area contributed by atoms with Crippen LogP contribution in [-0.2, 0) is 0 Å². The molecule has 166 valence electrons. The Bertz CT molecular complexity index is 1170. The molecule has 32 heavy (non-hydrogen) atoms. The molecule has 0 fully saturated rings. The number of amides is 1. The van der Waals surface area contributed by atoms with Gasteiger partial charge in [-0.2, -0.15) is 4.98 Å². The van der Waals surface area contributed by atoms with Gasteiger partial charge in [0, 0.05) is 16.7 Å². The standard InChI is InChI=1S/C23H23Cl2N5O2/c1-2-3-12-32-20-9-5-8-19(28-20)29-22(31)14-10-11-17-18(13-14)27-23(26-17)30-21-15(24)6-4-7-16(21)25/h4-11,13,15,21H,2-3,12H2,1H3,(H2,26,27,30)(H,28,29,31). The maximum absolute atomic E-state index is 12.7. The number of nitrogens with one attached hydrogen (secondary N) is 3. The van der Waals surface area contributed by atoms with Gasteiger partial charge in [0.1, 0.15) is 5.82 Å². The molecule has 4 rings (SSSR count). The molecule has 2 atom stereocenters. The first-order chi connectivity index (χ1) is 15.5. The van der Waals surface area contributed by atoms with Gasteiger partial charge in [0.25, 0.3) is 5.91 Å². The number of imidazole rings is 1. The third-order valence-electron chi connectivity index (χ3n) is 4.92. The number of halogens is 2. The molecular formula is C23H23Cl2N5O2. The Morgan fingerprint density at radius 1 is 1.25 bits per heavy atom. The lowest BCUT2D eigenvalue weighted by atomic mass is 10.1. The number of pyridine rings is 1. The summed E-state index contributed by atoms with van der Waals surface area (Å²) in [5.74, 6) is 1.15. The van der Waals surface area contributed by atoms with Crippen molar-refractivity contribution in [2.75, 3.05) is 17.2 Å². The van der Waals surface area contributed by atoms with Crippen LogP contribution in [0.15, 0.2) is 59.7 Å². The number of alkyl halides is 1. The fraction of sp³-hybridized carbons (Fsp3) is 0.261. The Hall–Kier alpha value is -3.03. The number of benzene rings is 1. The summed E-state index contributed by atoms with van der Waals surface area (Å²) in [6, 6.07) is 10.2. The molecule has 1 aromatic carbocycles. The van der Waals surface area contributed by atoms with Gasteiger partial charge >= 0.3 is 0 Å². The number of allylic oxidation sites excluding steroid dienone is 2. The minimum Gasteiger partial charge on any atom is -0.478 e. The minimum absolute atomic E-state index is 0.279. The SMILES string of the molecule is CCCCOc1cccc(NC(=O)c2ccc3nc(NC4C(Cl)=CC=CC4Cl)[nH]c3c2)n1. The van der Waals surface area contributed by atoms with Crippen molar-refractivity contribution in [1.29, 1.82) is 0 Å². The maximum atomic E-state index is 12.7. The Morgan fingerprint density at radius 2 is 2.12 bits per heavy atom. The molecule has 3 aromatic rings. The second-order valence-electron chi connectivity index (χ2n) is 7.34. The summed E-state index contributed by atoms with van der Waals surface area (Å²) in [6.45, 7) is 2.69. The highest BCUT2D eigenvalue weighted by atomic mass is 35.5. The average molecular weight is 472 g/mol. The lowest BCUT2D eigenvalue weighted by molar-refractivity contribution is 0.102. The van der Waals surface area contributed by atoms with E-state index in [-0.39, 0.29) is 17.3 Å². The number of aromatic nitrogens is 3. The maximum Gasteiger partial charge on any atom is 0.256 e. The van der Waals surface area contributed by atoms with E-state index in [9.17, 15) is 4.79 Å². The largest absolute Gasteiger partial charge is 0.478 e. The van der Waals surface area contributed by atoms with E-state index in [2.05, 4.69) is 32.5 Å². The van der Waals surface area contributed by atoms with Crippen LogP contribution in [0.4, 0.5) is 11.8 Å². The van der Waals surface area contributed by atoms with Crippen LogP contribution >= 0.6 is 23.2 Å². The molecule has 1 amide bonds. The molecule has 0 aliphatic heterocycles. The number of anilines is 2. The predicted molar refractivity (Wildman–Crippen MR) is 129 cm³/mol. The smallest absolute Gasteiger partial charge is 0.256 e. The van der Waals surface area contributed by atoms with Gasteiger partial charge in [-0.1, -0.05) is 43.2 Å². The summed E-state index contributed by atoms with van der Waals surface area (Å²) >= 11 is 12.6. The quantitative estimate of drug-likeness (QED) is 0.299. The zero-order valence-corrected chi connectivity index (χ0v) is 19.0. The second kappa shape index (κ2) is 10.1. The van der Waals surface area contributed by atoms with Crippen LogP contribution in [0.1, 0.15) is 30.1 Å². The van der Waals surface area contributed by atoms with E-state index >= 15 is 0 Å². The summed E-state index contributed by atoms with van der Waals surface area (Å²) in [4.78, 5) is 24.8.